The van der Waals surface area contributed by atoms with E-state index in [1.165, 1.54) is 18.2 Å². The van der Waals surface area contributed by atoms with Crippen LogP contribution in [0.5, 0.6) is 5.75 Å². The zero-order chi connectivity index (χ0) is 15.4. The number of halogens is 1. The summed E-state index contributed by atoms with van der Waals surface area (Å²) in [6, 6.07) is 11.0. The SMILES string of the molecule is Cc1cc(F)ccc1OC(C)C(=O)Nc1ccc(N)cc1. The van der Waals surface area contributed by atoms with Gasteiger partial charge in [0, 0.05) is 11.4 Å². The first kappa shape index (κ1) is 14.8. The summed E-state index contributed by atoms with van der Waals surface area (Å²) >= 11 is 0. The van der Waals surface area contributed by atoms with E-state index in [1.807, 2.05) is 0 Å². The van der Waals surface area contributed by atoms with E-state index in [-0.39, 0.29) is 11.7 Å². The fourth-order valence-corrected chi connectivity index (χ4v) is 1.80. The van der Waals surface area contributed by atoms with Crippen molar-refractivity contribution in [3.63, 3.8) is 0 Å². The van der Waals surface area contributed by atoms with Crippen molar-refractivity contribution >= 4 is 17.3 Å². The van der Waals surface area contributed by atoms with Gasteiger partial charge in [-0.2, -0.15) is 0 Å². The number of nitrogens with two attached hydrogens (primary N) is 1. The predicted molar refractivity (Wildman–Crippen MR) is 80.7 cm³/mol. The van der Waals surface area contributed by atoms with Crippen LogP contribution in [0.25, 0.3) is 0 Å². The number of anilines is 2. The van der Waals surface area contributed by atoms with Crippen LogP contribution in [-0.2, 0) is 4.79 Å². The van der Waals surface area contributed by atoms with Crippen molar-refractivity contribution in [1.29, 1.82) is 0 Å². The van der Waals surface area contributed by atoms with Gasteiger partial charge in [0.2, 0.25) is 0 Å². The Morgan fingerprint density at radius 1 is 1.24 bits per heavy atom. The molecule has 1 unspecified atom stereocenters. The Balaban J connectivity index is 2.00. The maximum absolute atomic E-state index is 13.0. The third kappa shape index (κ3) is 3.95. The van der Waals surface area contributed by atoms with Crippen LogP contribution >= 0.6 is 0 Å². The standard InChI is InChI=1S/C16H17FN2O2/c1-10-9-12(17)3-8-15(10)21-11(2)16(20)19-14-6-4-13(18)5-7-14/h3-9,11H,18H2,1-2H3,(H,19,20). The average molecular weight is 288 g/mol. The van der Waals surface area contributed by atoms with Crippen LogP contribution in [0.4, 0.5) is 15.8 Å². The van der Waals surface area contributed by atoms with Gasteiger partial charge >= 0.3 is 0 Å². The lowest BCUT2D eigenvalue weighted by Crippen LogP contribution is -2.30. The average Bonchev–Trinajstić information content (AvgIpc) is 2.44. The molecule has 0 bridgehead atoms. The highest BCUT2D eigenvalue weighted by molar-refractivity contribution is 5.94. The first-order chi connectivity index (χ1) is 9.95. The fourth-order valence-electron chi connectivity index (χ4n) is 1.80. The van der Waals surface area contributed by atoms with Gasteiger partial charge in [-0.25, -0.2) is 4.39 Å². The first-order valence-electron chi connectivity index (χ1n) is 6.55. The molecule has 21 heavy (non-hydrogen) atoms. The molecule has 110 valence electrons. The maximum Gasteiger partial charge on any atom is 0.265 e. The molecule has 0 saturated carbocycles. The van der Waals surface area contributed by atoms with Crippen LogP contribution in [0.1, 0.15) is 12.5 Å². The summed E-state index contributed by atoms with van der Waals surface area (Å²) in [5, 5.41) is 2.73. The molecule has 3 N–H and O–H groups in total. The van der Waals surface area contributed by atoms with E-state index >= 15 is 0 Å². The van der Waals surface area contributed by atoms with Gasteiger partial charge in [-0.15, -0.1) is 0 Å². The Bertz CT molecular complexity index is 641. The molecule has 0 spiro atoms. The van der Waals surface area contributed by atoms with Crippen molar-refractivity contribution in [1.82, 2.24) is 0 Å². The number of amides is 1. The molecular formula is C16H17FN2O2. The predicted octanol–water partition coefficient (Wildman–Crippen LogP) is 3.12. The van der Waals surface area contributed by atoms with E-state index < -0.39 is 6.10 Å². The van der Waals surface area contributed by atoms with Crippen molar-refractivity contribution in [2.75, 3.05) is 11.1 Å². The molecule has 4 nitrogen and oxygen atoms in total. The quantitative estimate of drug-likeness (QED) is 0.850. The smallest absolute Gasteiger partial charge is 0.265 e. The number of hydrogen-bond donors (Lipinski definition) is 2. The number of aryl methyl sites for hydroxylation is 1. The molecule has 2 rings (SSSR count). The highest BCUT2D eigenvalue weighted by atomic mass is 19.1. The van der Waals surface area contributed by atoms with Gasteiger partial charge in [0.05, 0.1) is 0 Å². The van der Waals surface area contributed by atoms with Gasteiger partial charge in [0.25, 0.3) is 5.91 Å². The lowest BCUT2D eigenvalue weighted by atomic mass is 10.2. The van der Waals surface area contributed by atoms with Gasteiger partial charge < -0.3 is 15.8 Å². The lowest BCUT2D eigenvalue weighted by Gasteiger charge is -2.16. The Kier molecular flexibility index (Phi) is 4.42. The second kappa shape index (κ2) is 6.26. The Hall–Kier alpha value is -2.56. The number of nitrogens with one attached hydrogen (secondary N) is 1. The maximum atomic E-state index is 13.0. The molecular weight excluding hydrogens is 271 g/mol. The molecule has 0 aliphatic carbocycles. The van der Waals surface area contributed by atoms with E-state index in [4.69, 9.17) is 10.5 Å². The van der Waals surface area contributed by atoms with Crippen molar-refractivity contribution in [2.24, 2.45) is 0 Å². The Labute approximate surface area is 122 Å². The summed E-state index contributed by atoms with van der Waals surface area (Å²) in [5.41, 5.74) is 7.48. The number of hydrogen-bond acceptors (Lipinski definition) is 3. The van der Waals surface area contributed by atoms with Crippen LogP contribution in [0.2, 0.25) is 0 Å². The number of benzene rings is 2. The molecule has 0 saturated heterocycles. The zero-order valence-electron chi connectivity index (χ0n) is 11.9. The molecule has 2 aromatic rings. The summed E-state index contributed by atoms with van der Waals surface area (Å²) < 4.78 is 18.6. The van der Waals surface area contributed by atoms with Crippen LogP contribution in [-0.4, -0.2) is 12.0 Å². The Morgan fingerprint density at radius 2 is 1.90 bits per heavy atom. The number of nitrogen functional groups attached to an aromatic ring is 1. The van der Waals surface area contributed by atoms with Gasteiger partial charge in [0.1, 0.15) is 11.6 Å². The fraction of sp³-hybridized carbons (Fsp3) is 0.188. The number of carbonyl (C=O) groups excluding carboxylic acids is 1. The highest BCUT2D eigenvalue weighted by Gasteiger charge is 2.16. The summed E-state index contributed by atoms with van der Waals surface area (Å²) in [7, 11) is 0. The van der Waals surface area contributed by atoms with Crippen LogP contribution in [0.3, 0.4) is 0 Å². The molecule has 2 aromatic carbocycles. The Morgan fingerprint density at radius 3 is 2.52 bits per heavy atom. The highest BCUT2D eigenvalue weighted by Crippen LogP contribution is 2.20. The van der Waals surface area contributed by atoms with Gasteiger partial charge in [-0.3, -0.25) is 4.79 Å². The third-order valence-corrected chi connectivity index (χ3v) is 2.99. The first-order valence-corrected chi connectivity index (χ1v) is 6.55. The largest absolute Gasteiger partial charge is 0.481 e. The number of carbonyl (C=O) groups is 1. The second-order valence-corrected chi connectivity index (χ2v) is 4.78. The van der Waals surface area contributed by atoms with E-state index in [9.17, 15) is 9.18 Å². The number of rotatable bonds is 4. The van der Waals surface area contributed by atoms with Crippen molar-refractivity contribution < 1.29 is 13.9 Å². The molecule has 0 fully saturated rings. The van der Waals surface area contributed by atoms with E-state index in [1.54, 1.807) is 38.1 Å². The molecule has 5 heteroatoms. The number of ether oxygens (including phenoxy) is 1. The molecule has 0 aliphatic heterocycles. The zero-order valence-corrected chi connectivity index (χ0v) is 11.9. The second-order valence-electron chi connectivity index (χ2n) is 4.78. The normalized spacial score (nSPS) is 11.8. The van der Waals surface area contributed by atoms with Gasteiger partial charge in [-0.05, 0) is 61.9 Å². The minimum atomic E-state index is -0.702. The van der Waals surface area contributed by atoms with Crippen LogP contribution < -0.4 is 15.8 Å². The summed E-state index contributed by atoms with van der Waals surface area (Å²) in [4.78, 5) is 12.0. The minimum absolute atomic E-state index is 0.288. The summed E-state index contributed by atoms with van der Waals surface area (Å²) in [5.74, 6) is -0.140. The lowest BCUT2D eigenvalue weighted by molar-refractivity contribution is -0.122. The minimum Gasteiger partial charge on any atom is -0.481 e. The van der Waals surface area contributed by atoms with Crippen LogP contribution in [0, 0.1) is 12.7 Å². The van der Waals surface area contributed by atoms with E-state index in [0.717, 1.165) is 0 Å². The molecule has 0 heterocycles. The molecule has 0 radical (unpaired) electrons. The van der Waals surface area contributed by atoms with E-state index in [2.05, 4.69) is 5.32 Å². The van der Waals surface area contributed by atoms with Crippen LogP contribution in [0.15, 0.2) is 42.5 Å². The topological polar surface area (TPSA) is 64.3 Å². The summed E-state index contributed by atoms with van der Waals surface area (Å²) in [6.07, 6.45) is -0.702. The molecule has 1 atom stereocenters. The van der Waals surface area contributed by atoms with E-state index in [0.29, 0.717) is 22.7 Å². The van der Waals surface area contributed by atoms with Gasteiger partial charge in [0.15, 0.2) is 6.10 Å². The van der Waals surface area contributed by atoms with Gasteiger partial charge in [-0.1, -0.05) is 0 Å². The van der Waals surface area contributed by atoms with Crippen molar-refractivity contribution in [2.45, 2.75) is 20.0 Å². The molecule has 0 aromatic heterocycles. The molecule has 1 amide bonds. The van der Waals surface area contributed by atoms with Crippen molar-refractivity contribution in [3.05, 3.63) is 53.8 Å². The molecule has 0 aliphatic rings. The third-order valence-electron chi connectivity index (χ3n) is 2.99. The summed E-state index contributed by atoms with van der Waals surface area (Å²) in [6.45, 7) is 3.36. The van der Waals surface area contributed by atoms with Crippen molar-refractivity contribution in [3.8, 4) is 5.75 Å². The monoisotopic (exact) mass is 288 g/mol.